The highest BCUT2D eigenvalue weighted by Gasteiger charge is 2.17. The lowest BCUT2D eigenvalue weighted by molar-refractivity contribution is -0.142. The van der Waals surface area contributed by atoms with E-state index in [-0.39, 0.29) is 12.4 Å². The molecule has 0 saturated heterocycles. The lowest BCUT2D eigenvalue weighted by Crippen LogP contribution is -2.07. The number of aryl methyl sites for hydroxylation is 1. The zero-order valence-electron chi connectivity index (χ0n) is 19.6. The van der Waals surface area contributed by atoms with Crippen LogP contribution in [0, 0.1) is 6.92 Å². The fraction of sp³-hybridized carbons (Fsp3) is 0.179. The molecule has 35 heavy (non-hydrogen) atoms. The van der Waals surface area contributed by atoms with Crippen molar-refractivity contribution in [1.29, 1.82) is 0 Å². The quantitative estimate of drug-likeness (QED) is 0.197. The van der Waals surface area contributed by atoms with E-state index in [4.69, 9.17) is 27.8 Å². The van der Waals surface area contributed by atoms with Crippen molar-refractivity contribution in [3.8, 4) is 11.1 Å². The highest BCUT2D eigenvalue weighted by Crippen LogP contribution is 2.35. The number of hydrogen-bond donors (Lipinski definition) is 2. The molecule has 178 valence electrons. The molecule has 0 unspecified atom stereocenters. The molecule has 0 atom stereocenters. The normalized spacial score (nSPS) is 11.4. The molecular weight excluding hydrogens is 478 g/mol. The number of nitrogens with two attached hydrogens (primary N) is 2. The highest BCUT2D eigenvalue weighted by atomic mass is 35.5. The Bertz CT molecular complexity index is 1560. The monoisotopic (exact) mass is 503 g/mol. The van der Waals surface area contributed by atoms with Crippen molar-refractivity contribution in [1.82, 2.24) is 4.57 Å². The van der Waals surface area contributed by atoms with Crippen LogP contribution in [0.5, 0.6) is 0 Å². The van der Waals surface area contributed by atoms with Gasteiger partial charge in [0.05, 0.1) is 13.0 Å². The van der Waals surface area contributed by atoms with Crippen molar-refractivity contribution in [2.75, 3.05) is 18.1 Å². The Kier molecular flexibility index (Phi) is 6.17. The number of rotatable bonds is 6. The Balaban J connectivity index is 1.66. The van der Waals surface area contributed by atoms with E-state index in [1.807, 2.05) is 37.3 Å². The molecule has 0 aliphatic carbocycles. The summed E-state index contributed by atoms with van der Waals surface area (Å²) in [5.41, 5.74) is 18.5. The average molecular weight is 504 g/mol. The summed E-state index contributed by atoms with van der Waals surface area (Å²) in [5.74, 6) is -0.233. The first kappa shape index (κ1) is 23.3. The smallest absolute Gasteiger partial charge is 0.310 e. The van der Waals surface area contributed by atoms with Crippen molar-refractivity contribution in [2.24, 2.45) is 0 Å². The number of esters is 1. The third-order valence-corrected chi connectivity index (χ3v) is 7.56. The average Bonchev–Trinajstić information content (AvgIpc) is 3.30. The van der Waals surface area contributed by atoms with Gasteiger partial charge in [-0.15, -0.1) is 11.3 Å². The summed E-state index contributed by atoms with van der Waals surface area (Å²) in [6.07, 6.45) is 2.28. The van der Waals surface area contributed by atoms with Crippen LogP contribution < -0.4 is 11.5 Å². The lowest BCUT2D eigenvalue weighted by Gasteiger charge is -2.09. The van der Waals surface area contributed by atoms with Crippen LogP contribution in [-0.2, 0) is 22.5 Å². The Morgan fingerprint density at radius 3 is 2.51 bits per heavy atom. The summed E-state index contributed by atoms with van der Waals surface area (Å²) < 4.78 is 8.65. The van der Waals surface area contributed by atoms with Crippen LogP contribution >= 0.6 is 22.9 Å². The molecule has 0 aliphatic rings. The summed E-state index contributed by atoms with van der Waals surface area (Å²) in [7, 11) is 0. The van der Waals surface area contributed by atoms with Crippen molar-refractivity contribution in [3.05, 3.63) is 81.8 Å². The Morgan fingerprint density at radius 1 is 1.00 bits per heavy atom. The molecule has 2 heterocycles. The molecule has 5 nitrogen and oxygen atoms in total. The molecule has 2 aromatic heterocycles. The molecule has 3 aromatic carbocycles. The van der Waals surface area contributed by atoms with E-state index in [1.54, 1.807) is 17.4 Å². The van der Waals surface area contributed by atoms with Crippen LogP contribution in [0.15, 0.2) is 60.8 Å². The maximum absolute atomic E-state index is 12.3. The first-order valence-corrected chi connectivity index (χ1v) is 12.6. The summed E-state index contributed by atoms with van der Waals surface area (Å²) >= 11 is 8.09. The highest BCUT2D eigenvalue weighted by molar-refractivity contribution is 7.19. The second-order valence-electron chi connectivity index (χ2n) is 8.66. The minimum atomic E-state index is -0.233. The van der Waals surface area contributed by atoms with Gasteiger partial charge in [0, 0.05) is 49.6 Å². The topological polar surface area (TPSA) is 83.3 Å². The van der Waals surface area contributed by atoms with Crippen molar-refractivity contribution >= 4 is 61.3 Å². The van der Waals surface area contributed by atoms with Gasteiger partial charge in [0.15, 0.2) is 0 Å². The maximum Gasteiger partial charge on any atom is 0.310 e. The van der Waals surface area contributed by atoms with Crippen LogP contribution in [-0.4, -0.2) is 17.1 Å². The van der Waals surface area contributed by atoms with Gasteiger partial charge < -0.3 is 20.8 Å². The number of ether oxygens (including phenoxy) is 1. The molecule has 7 heteroatoms. The second kappa shape index (κ2) is 9.29. The van der Waals surface area contributed by atoms with E-state index >= 15 is 0 Å². The first-order valence-electron chi connectivity index (χ1n) is 11.4. The zero-order chi connectivity index (χ0) is 24.7. The van der Waals surface area contributed by atoms with E-state index in [2.05, 4.69) is 35.9 Å². The fourth-order valence-electron chi connectivity index (χ4n) is 4.64. The number of carbonyl (C=O) groups excluding carboxylic acids is 1. The standard InChI is InChI=1S/C28H26ClN3O2S/c1-3-34-28(33)11-19-14-32(15-25-16(2)35-27-7-5-20(29)12-24(25)27)26-10-17(4-6-23(19)26)18-8-21(30)13-22(31)9-18/h4-10,12-14H,3,11,15,30-31H2,1-2H3. The van der Waals surface area contributed by atoms with Crippen molar-refractivity contribution < 1.29 is 9.53 Å². The number of benzene rings is 3. The van der Waals surface area contributed by atoms with Crippen molar-refractivity contribution in [2.45, 2.75) is 26.8 Å². The minimum absolute atomic E-state index is 0.219. The number of fused-ring (bicyclic) bond motifs is 2. The van der Waals surface area contributed by atoms with E-state index in [9.17, 15) is 4.79 Å². The number of aromatic nitrogens is 1. The van der Waals surface area contributed by atoms with Gasteiger partial charge in [0.1, 0.15) is 0 Å². The number of anilines is 2. The molecule has 0 saturated carbocycles. The molecular formula is C28H26ClN3O2S. The number of nitrogens with zero attached hydrogens (tertiary/aromatic N) is 1. The van der Waals surface area contributed by atoms with Crippen LogP contribution in [0.4, 0.5) is 11.4 Å². The van der Waals surface area contributed by atoms with E-state index in [0.717, 1.165) is 38.0 Å². The SMILES string of the molecule is CCOC(=O)Cc1cn(Cc2c(C)sc3ccc(Cl)cc23)c2cc(-c3cc(N)cc(N)c3)ccc12. The van der Waals surface area contributed by atoms with Gasteiger partial charge in [-0.25, -0.2) is 0 Å². The fourth-order valence-corrected chi connectivity index (χ4v) is 5.87. The number of nitrogen functional groups attached to an aromatic ring is 2. The molecule has 0 fully saturated rings. The van der Waals surface area contributed by atoms with Gasteiger partial charge >= 0.3 is 5.97 Å². The van der Waals surface area contributed by atoms with Crippen molar-refractivity contribution in [3.63, 3.8) is 0 Å². The molecule has 0 spiro atoms. The molecule has 5 aromatic rings. The van der Waals surface area contributed by atoms with Crippen LogP contribution in [0.2, 0.25) is 5.02 Å². The summed E-state index contributed by atoms with van der Waals surface area (Å²) in [6.45, 7) is 4.98. The zero-order valence-corrected chi connectivity index (χ0v) is 21.2. The van der Waals surface area contributed by atoms with E-state index < -0.39 is 0 Å². The Labute approximate surface area is 212 Å². The summed E-state index contributed by atoms with van der Waals surface area (Å²) in [5, 5.41) is 2.90. The number of halogens is 1. The van der Waals surface area contributed by atoms with Crippen LogP contribution in [0.1, 0.15) is 22.9 Å². The molecule has 0 radical (unpaired) electrons. The van der Waals surface area contributed by atoms with Gasteiger partial charge in [0.25, 0.3) is 0 Å². The maximum atomic E-state index is 12.3. The molecule has 0 bridgehead atoms. The Hall–Kier alpha value is -3.48. The Morgan fingerprint density at radius 2 is 1.77 bits per heavy atom. The lowest BCUT2D eigenvalue weighted by atomic mass is 10.0. The second-order valence-corrected chi connectivity index (χ2v) is 10.4. The van der Waals surface area contributed by atoms with E-state index in [0.29, 0.717) is 24.5 Å². The molecule has 0 amide bonds. The minimum Gasteiger partial charge on any atom is -0.466 e. The van der Waals surface area contributed by atoms with Gasteiger partial charge in [-0.05, 0) is 84.0 Å². The summed E-state index contributed by atoms with van der Waals surface area (Å²) in [6, 6.07) is 17.8. The van der Waals surface area contributed by atoms with E-state index in [1.165, 1.54) is 15.1 Å². The molecule has 5 rings (SSSR count). The third kappa shape index (κ3) is 4.59. The van der Waals surface area contributed by atoms with Crippen LogP contribution in [0.3, 0.4) is 0 Å². The predicted molar refractivity (Wildman–Crippen MR) is 147 cm³/mol. The molecule has 4 N–H and O–H groups in total. The van der Waals surface area contributed by atoms with Crippen LogP contribution in [0.25, 0.3) is 32.1 Å². The number of carbonyl (C=O) groups is 1. The van der Waals surface area contributed by atoms with Gasteiger partial charge in [-0.2, -0.15) is 0 Å². The van der Waals surface area contributed by atoms with Gasteiger partial charge in [0.2, 0.25) is 0 Å². The predicted octanol–water partition coefficient (Wildman–Crippen LogP) is 6.80. The van der Waals surface area contributed by atoms with Gasteiger partial charge in [-0.1, -0.05) is 23.7 Å². The molecule has 0 aliphatic heterocycles. The largest absolute Gasteiger partial charge is 0.466 e. The summed E-state index contributed by atoms with van der Waals surface area (Å²) in [4.78, 5) is 13.6. The van der Waals surface area contributed by atoms with Gasteiger partial charge in [-0.3, -0.25) is 4.79 Å². The number of thiophene rings is 1. The third-order valence-electron chi connectivity index (χ3n) is 6.20. The first-order chi connectivity index (χ1) is 16.8. The number of hydrogen-bond acceptors (Lipinski definition) is 5.